The van der Waals surface area contributed by atoms with Crippen LogP contribution in [0.15, 0.2) is 0 Å². The van der Waals surface area contributed by atoms with Crippen molar-refractivity contribution in [3.8, 4) is 0 Å². The van der Waals surface area contributed by atoms with Crippen molar-refractivity contribution in [2.24, 2.45) is 0 Å². The molecular formula is C11H23N3O2S3. The molecule has 1 rings (SSSR count). The van der Waals surface area contributed by atoms with Gasteiger partial charge in [0.2, 0.25) is 10.0 Å². The molecule has 1 unspecified atom stereocenters. The van der Waals surface area contributed by atoms with Crippen LogP contribution >= 0.6 is 22.7 Å². The average Bonchev–Trinajstić information content (AvgIpc) is 2.41. The molecule has 0 amide bonds. The van der Waals surface area contributed by atoms with Crippen LogP contribution in [0.2, 0.25) is 0 Å². The lowest BCUT2D eigenvalue weighted by molar-refractivity contribution is 0.558. The topological polar surface area (TPSA) is 61.4 Å². The molecule has 1 aliphatic heterocycles. The molecule has 0 spiro atoms. The van der Waals surface area contributed by atoms with Crippen LogP contribution in [-0.2, 0) is 10.0 Å². The van der Waals surface area contributed by atoms with Crippen LogP contribution in [0.25, 0.3) is 0 Å². The van der Waals surface area contributed by atoms with E-state index in [1.165, 1.54) is 27.0 Å². The van der Waals surface area contributed by atoms with Crippen molar-refractivity contribution in [3.63, 3.8) is 0 Å². The summed E-state index contributed by atoms with van der Waals surface area (Å²) >= 11 is 1.38. The Morgan fingerprint density at radius 3 is 2.05 bits per heavy atom. The Morgan fingerprint density at radius 1 is 1.26 bits per heavy atom. The molecule has 1 saturated heterocycles. The summed E-state index contributed by atoms with van der Waals surface area (Å²) in [5.41, 5.74) is 0. The SMILES string of the molecule is CC(C)NC(NC(C)C)=S=C1SC(C)S(=O)(=O)N1C. The van der Waals surface area contributed by atoms with Crippen molar-refractivity contribution in [2.75, 3.05) is 7.05 Å². The third-order valence-corrected chi connectivity index (χ3v) is 7.62. The summed E-state index contributed by atoms with van der Waals surface area (Å²) < 4.78 is 25.6. The molecule has 0 aromatic rings. The van der Waals surface area contributed by atoms with Crippen molar-refractivity contribution in [1.82, 2.24) is 14.9 Å². The van der Waals surface area contributed by atoms with Gasteiger partial charge in [-0.1, -0.05) is 22.7 Å². The zero-order chi connectivity index (χ0) is 14.8. The van der Waals surface area contributed by atoms with E-state index in [-0.39, 0.29) is 0 Å². The summed E-state index contributed by atoms with van der Waals surface area (Å²) in [5.74, 6) is 0. The molecule has 1 fully saturated rings. The van der Waals surface area contributed by atoms with Crippen LogP contribution in [0, 0.1) is 0 Å². The first-order chi connectivity index (χ1) is 8.64. The number of sulfonamides is 1. The van der Waals surface area contributed by atoms with Crippen molar-refractivity contribution in [2.45, 2.75) is 51.3 Å². The quantitative estimate of drug-likeness (QED) is 0.748. The molecule has 5 nitrogen and oxygen atoms in total. The van der Waals surface area contributed by atoms with Gasteiger partial charge >= 0.3 is 0 Å². The van der Waals surface area contributed by atoms with Gasteiger partial charge in [0.1, 0.15) is 14.0 Å². The van der Waals surface area contributed by atoms with Crippen molar-refractivity contribution in [1.29, 1.82) is 0 Å². The Hall–Kier alpha value is 0.140. The first-order valence-electron chi connectivity index (χ1n) is 6.23. The molecule has 0 aromatic carbocycles. The van der Waals surface area contributed by atoms with Crippen molar-refractivity contribution < 1.29 is 8.42 Å². The minimum atomic E-state index is -3.19. The maximum Gasteiger partial charge on any atom is 0.231 e. The van der Waals surface area contributed by atoms with Crippen LogP contribution in [0.3, 0.4) is 0 Å². The van der Waals surface area contributed by atoms with Gasteiger partial charge in [-0.2, -0.15) is 4.31 Å². The molecule has 1 aliphatic rings. The van der Waals surface area contributed by atoms with Crippen molar-refractivity contribution >= 4 is 42.2 Å². The molecular weight excluding hydrogens is 302 g/mol. The largest absolute Gasteiger partial charge is 0.268 e. The molecule has 0 aromatic heterocycles. The van der Waals surface area contributed by atoms with Crippen LogP contribution in [-0.4, -0.2) is 45.9 Å². The van der Waals surface area contributed by atoms with E-state index in [0.717, 1.165) is 9.43 Å². The van der Waals surface area contributed by atoms with Gasteiger partial charge in [0.25, 0.3) is 0 Å². The standard InChI is InChI=1S/C11H23N3O2S3/c1-7(2)12-10(13-8(3)4)18-11-14(6)19(15,16)9(5)17-11/h7-9,12-13H,1-6H3. The van der Waals surface area contributed by atoms with E-state index in [1.807, 2.05) is 0 Å². The Labute approximate surface area is 124 Å². The Morgan fingerprint density at radius 2 is 1.74 bits per heavy atom. The average molecular weight is 326 g/mol. The maximum absolute atomic E-state index is 11.9. The summed E-state index contributed by atoms with van der Waals surface area (Å²) in [5, 5.41) is 7.52. The summed E-state index contributed by atoms with van der Waals surface area (Å²) in [6.45, 7) is 9.93. The zero-order valence-corrected chi connectivity index (χ0v) is 14.7. The van der Waals surface area contributed by atoms with Crippen LogP contribution in [0.5, 0.6) is 0 Å². The van der Waals surface area contributed by atoms with Gasteiger partial charge in [-0.3, -0.25) is 10.6 Å². The number of nitrogens with zero attached hydrogens (tertiary/aromatic N) is 1. The third kappa shape index (κ3) is 4.57. The third-order valence-electron chi connectivity index (χ3n) is 2.35. The lowest BCUT2D eigenvalue weighted by Crippen LogP contribution is -2.43. The maximum atomic E-state index is 11.9. The van der Waals surface area contributed by atoms with E-state index in [0.29, 0.717) is 12.1 Å². The molecule has 1 heterocycles. The predicted octanol–water partition coefficient (Wildman–Crippen LogP) is 1.24. The summed E-state index contributed by atoms with van der Waals surface area (Å²) in [6, 6.07) is 0.583. The highest BCUT2D eigenvalue weighted by Gasteiger charge is 2.38. The highest BCUT2D eigenvalue weighted by Crippen LogP contribution is 2.32. The van der Waals surface area contributed by atoms with Gasteiger partial charge in [0.15, 0.2) is 0 Å². The van der Waals surface area contributed by atoms with E-state index in [2.05, 4.69) is 38.3 Å². The molecule has 0 aliphatic carbocycles. The van der Waals surface area contributed by atoms with Gasteiger partial charge in [-0.25, -0.2) is 8.42 Å². The summed E-state index contributed by atoms with van der Waals surface area (Å²) in [4.78, 5) is 0. The fraction of sp³-hybridized carbons (Fsp3) is 0.818. The first kappa shape index (κ1) is 17.2. The van der Waals surface area contributed by atoms with Gasteiger partial charge < -0.3 is 0 Å². The van der Waals surface area contributed by atoms with Crippen LogP contribution in [0.4, 0.5) is 0 Å². The number of hydrogen-bond acceptors (Lipinski definition) is 3. The van der Waals surface area contributed by atoms with Gasteiger partial charge in [0.05, 0.1) is 0 Å². The number of hydrogen-bond donors (Lipinski definition) is 2. The van der Waals surface area contributed by atoms with E-state index >= 15 is 0 Å². The predicted molar refractivity (Wildman–Crippen MR) is 87.9 cm³/mol. The molecule has 1 atom stereocenters. The number of thioether (sulfide) groups is 1. The number of nitrogens with one attached hydrogen (secondary N) is 2. The monoisotopic (exact) mass is 325 g/mol. The fourth-order valence-corrected chi connectivity index (χ4v) is 6.45. The van der Waals surface area contributed by atoms with E-state index in [4.69, 9.17) is 0 Å². The molecule has 0 bridgehead atoms. The van der Waals surface area contributed by atoms with Gasteiger partial charge in [0, 0.05) is 19.1 Å². The second-order valence-electron chi connectivity index (χ2n) is 4.99. The van der Waals surface area contributed by atoms with Gasteiger partial charge in [-0.15, -0.1) is 0 Å². The zero-order valence-electron chi connectivity index (χ0n) is 12.2. The highest BCUT2D eigenvalue weighted by molar-refractivity contribution is 8.34. The normalized spacial score (nSPS) is 23.4. The van der Waals surface area contributed by atoms with E-state index < -0.39 is 14.6 Å². The molecule has 0 saturated carbocycles. The summed E-state index contributed by atoms with van der Waals surface area (Å²) in [6.07, 6.45) is 0. The first-order valence-corrected chi connectivity index (χ1v) is 9.43. The molecule has 2 N–H and O–H groups in total. The Kier molecular flexibility index (Phi) is 6.09. The Balaban J connectivity index is 3.15. The lowest BCUT2D eigenvalue weighted by atomic mass is 10.4. The van der Waals surface area contributed by atoms with Gasteiger partial charge in [-0.05, 0) is 34.6 Å². The summed E-state index contributed by atoms with van der Waals surface area (Å²) in [7, 11) is -0.134. The van der Waals surface area contributed by atoms with E-state index in [1.54, 1.807) is 14.0 Å². The molecule has 8 heteroatoms. The minimum Gasteiger partial charge on any atom is -0.268 e. The molecule has 19 heavy (non-hydrogen) atoms. The van der Waals surface area contributed by atoms with Crippen LogP contribution < -0.4 is 10.6 Å². The van der Waals surface area contributed by atoms with Crippen molar-refractivity contribution in [3.05, 3.63) is 0 Å². The lowest BCUT2D eigenvalue weighted by Gasteiger charge is -2.15. The smallest absolute Gasteiger partial charge is 0.231 e. The molecule has 0 radical (unpaired) electrons. The molecule has 112 valence electrons. The number of rotatable bonds is 2. The second kappa shape index (κ2) is 6.73. The highest BCUT2D eigenvalue weighted by atomic mass is 32.3. The fourth-order valence-electron chi connectivity index (χ4n) is 1.40. The minimum absolute atomic E-state index is 0.292. The Bertz CT molecular complexity index is 481. The van der Waals surface area contributed by atoms with Crippen LogP contribution in [0.1, 0.15) is 34.6 Å². The van der Waals surface area contributed by atoms with E-state index in [9.17, 15) is 8.42 Å². The second-order valence-corrected chi connectivity index (χ2v) is 10.2.